The van der Waals surface area contributed by atoms with Crippen LogP contribution in [0.5, 0.6) is 0 Å². The summed E-state index contributed by atoms with van der Waals surface area (Å²) in [5.74, 6) is 1.39. The highest BCUT2D eigenvalue weighted by atomic mass is 79.9. The van der Waals surface area contributed by atoms with Gasteiger partial charge in [0.05, 0.1) is 9.83 Å². The molecule has 3 rings (SSSR count). The fourth-order valence-electron chi connectivity index (χ4n) is 2.72. The number of rotatable bonds is 4. The molecule has 1 atom stereocenters. The number of likely N-dealkylation sites (tertiary alicyclic amines) is 1. The molecule has 0 saturated carbocycles. The van der Waals surface area contributed by atoms with Crippen molar-refractivity contribution in [3.05, 3.63) is 38.3 Å². The molecule has 1 fully saturated rings. The smallest absolute Gasteiger partial charge is 0.139 e. The average molecular weight is 355 g/mol. The van der Waals surface area contributed by atoms with Crippen molar-refractivity contribution in [2.45, 2.75) is 45.2 Å². The Balaban J connectivity index is 1.74. The number of halogens is 1. The minimum atomic E-state index is 0.402. The van der Waals surface area contributed by atoms with Gasteiger partial charge in [-0.15, -0.1) is 11.3 Å². The molecule has 2 aromatic heterocycles. The lowest BCUT2D eigenvalue weighted by Crippen LogP contribution is -2.22. The quantitative estimate of drug-likeness (QED) is 0.776. The van der Waals surface area contributed by atoms with Gasteiger partial charge in [-0.3, -0.25) is 4.90 Å². The van der Waals surface area contributed by atoms with Crippen molar-refractivity contribution in [3.8, 4) is 0 Å². The lowest BCUT2D eigenvalue weighted by atomic mass is 10.1. The lowest BCUT2D eigenvalue weighted by molar-refractivity contribution is 0.238. The molecule has 0 aromatic carbocycles. The SMILES string of the molecule is CC(C)c1cc([C@H]2CCCN2Cc2ccc(Br)s2)no1. The fraction of sp³-hybridized carbons (Fsp3) is 0.533. The van der Waals surface area contributed by atoms with Crippen LogP contribution in [-0.4, -0.2) is 16.6 Å². The summed E-state index contributed by atoms with van der Waals surface area (Å²) in [5, 5.41) is 4.29. The molecule has 1 aliphatic heterocycles. The van der Waals surface area contributed by atoms with Crippen molar-refractivity contribution in [1.82, 2.24) is 10.1 Å². The highest BCUT2D eigenvalue weighted by Crippen LogP contribution is 2.35. The standard InChI is InChI=1S/C15H19BrN2OS/c1-10(2)14-8-12(17-19-14)13-4-3-7-18(13)9-11-5-6-15(16)20-11/h5-6,8,10,13H,3-4,7,9H2,1-2H3/t13-/m1/s1. The summed E-state index contributed by atoms with van der Waals surface area (Å²) in [6.07, 6.45) is 2.41. The highest BCUT2D eigenvalue weighted by molar-refractivity contribution is 9.11. The number of hydrogen-bond acceptors (Lipinski definition) is 4. The van der Waals surface area contributed by atoms with E-state index in [0.29, 0.717) is 12.0 Å². The topological polar surface area (TPSA) is 29.3 Å². The summed E-state index contributed by atoms with van der Waals surface area (Å²) in [6.45, 7) is 6.43. The normalized spacial score (nSPS) is 20.1. The van der Waals surface area contributed by atoms with E-state index in [1.165, 1.54) is 21.5 Å². The van der Waals surface area contributed by atoms with Gasteiger partial charge in [-0.1, -0.05) is 19.0 Å². The Labute approximate surface area is 132 Å². The first-order valence-corrected chi connectivity index (χ1v) is 8.69. The van der Waals surface area contributed by atoms with Crippen molar-refractivity contribution in [3.63, 3.8) is 0 Å². The molecule has 0 spiro atoms. The minimum Gasteiger partial charge on any atom is -0.361 e. The predicted molar refractivity (Wildman–Crippen MR) is 85.0 cm³/mol. The molecule has 1 aliphatic rings. The van der Waals surface area contributed by atoms with Gasteiger partial charge < -0.3 is 4.52 Å². The van der Waals surface area contributed by atoms with Crippen molar-refractivity contribution >= 4 is 27.3 Å². The van der Waals surface area contributed by atoms with Crippen molar-refractivity contribution < 1.29 is 4.52 Å². The van der Waals surface area contributed by atoms with Crippen molar-refractivity contribution in [2.24, 2.45) is 0 Å². The van der Waals surface area contributed by atoms with Crippen LogP contribution >= 0.6 is 27.3 Å². The van der Waals surface area contributed by atoms with Gasteiger partial charge in [0.25, 0.3) is 0 Å². The van der Waals surface area contributed by atoms with Gasteiger partial charge in [-0.05, 0) is 47.4 Å². The van der Waals surface area contributed by atoms with Crippen LogP contribution in [-0.2, 0) is 6.54 Å². The summed E-state index contributed by atoms with van der Waals surface area (Å²) in [4.78, 5) is 3.91. The first-order chi connectivity index (χ1) is 9.63. The van der Waals surface area contributed by atoms with E-state index in [0.717, 1.165) is 24.5 Å². The van der Waals surface area contributed by atoms with Gasteiger partial charge in [0, 0.05) is 23.4 Å². The van der Waals surface area contributed by atoms with Crippen LogP contribution < -0.4 is 0 Å². The maximum absolute atomic E-state index is 5.46. The fourth-order valence-corrected chi connectivity index (χ4v) is 4.23. The molecule has 0 N–H and O–H groups in total. The molecule has 2 aromatic rings. The molecular formula is C15H19BrN2OS. The van der Waals surface area contributed by atoms with Crippen LogP contribution in [0.2, 0.25) is 0 Å². The van der Waals surface area contributed by atoms with E-state index in [9.17, 15) is 0 Å². The Morgan fingerprint density at radius 3 is 3.00 bits per heavy atom. The molecule has 3 heterocycles. The number of nitrogens with zero attached hydrogens (tertiary/aromatic N) is 2. The van der Waals surface area contributed by atoms with Crippen LogP contribution in [0.4, 0.5) is 0 Å². The Bertz CT molecular complexity index is 578. The van der Waals surface area contributed by atoms with Crippen LogP contribution in [0.15, 0.2) is 26.5 Å². The van der Waals surface area contributed by atoms with E-state index in [-0.39, 0.29) is 0 Å². The highest BCUT2D eigenvalue weighted by Gasteiger charge is 2.29. The number of hydrogen-bond donors (Lipinski definition) is 0. The first-order valence-electron chi connectivity index (χ1n) is 7.08. The Hall–Kier alpha value is -0.650. The van der Waals surface area contributed by atoms with Crippen LogP contribution in [0.25, 0.3) is 0 Å². The van der Waals surface area contributed by atoms with Crippen LogP contribution in [0, 0.1) is 0 Å². The molecule has 20 heavy (non-hydrogen) atoms. The zero-order valence-electron chi connectivity index (χ0n) is 11.8. The summed E-state index contributed by atoms with van der Waals surface area (Å²) in [5.41, 5.74) is 1.10. The van der Waals surface area contributed by atoms with Crippen LogP contribution in [0.3, 0.4) is 0 Å². The second-order valence-corrected chi connectivity index (χ2v) is 8.19. The summed E-state index contributed by atoms with van der Waals surface area (Å²) in [7, 11) is 0. The maximum Gasteiger partial charge on any atom is 0.139 e. The molecule has 1 saturated heterocycles. The van der Waals surface area contributed by atoms with Gasteiger partial charge in [0.1, 0.15) is 11.5 Å². The Kier molecular flexibility index (Phi) is 4.29. The molecule has 0 unspecified atom stereocenters. The summed E-state index contributed by atoms with van der Waals surface area (Å²) in [6, 6.07) is 6.87. The van der Waals surface area contributed by atoms with E-state index in [4.69, 9.17) is 4.52 Å². The zero-order valence-corrected chi connectivity index (χ0v) is 14.2. The molecule has 108 valence electrons. The third kappa shape index (κ3) is 3.00. The van der Waals surface area contributed by atoms with E-state index < -0.39 is 0 Å². The average Bonchev–Trinajstić information content (AvgIpc) is 3.10. The maximum atomic E-state index is 5.46. The molecule has 0 radical (unpaired) electrons. The third-order valence-electron chi connectivity index (χ3n) is 3.81. The minimum absolute atomic E-state index is 0.402. The van der Waals surface area contributed by atoms with Crippen molar-refractivity contribution in [1.29, 1.82) is 0 Å². The number of thiophene rings is 1. The molecular weight excluding hydrogens is 336 g/mol. The Morgan fingerprint density at radius 1 is 1.50 bits per heavy atom. The monoisotopic (exact) mass is 354 g/mol. The zero-order chi connectivity index (χ0) is 14.1. The third-order valence-corrected chi connectivity index (χ3v) is 5.42. The Morgan fingerprint density at radius 2 is 2.35 bits per heavy atom. The summed E-state index contributed by atoms with van der Waals surface area (Å²) < 4.78 is 6.66. The largest absolute Gasteiger partial charge is 0.361 e. The molecule has 5 heteroatoms. The molecule has 0 bridgehead atoms. The number of aromatic nitrogens is 1. The molecule has 3 nitrogen and oxygen atoms in total. The van der Waals surface area contributed by atoms with E-state index in [1.54, 1.807) is 0 Å². The van der Waals surface area contributed by atoms with Crippen molar-refractivity contribution in [2.75, 3.05) is 6.54 Å². The van der Waals surface area contributed by atoms with Gasteiger partial charge in [0.15, 0.2) is 0 Å². The van der Waals surface area contributed by atoms with Gasteiger partial charge >= 0.3 is 0 Å². The first kappa shape index (κ1) is 14.3. The van der Waals surface area contributed by atoms with Crippen LogP contribution in [0.1, 0.15) is 55.0 Å². The predicted octanol–water partition coefficient (Wildman–Crippen LogP) is 4.96. The second-order valence-electron chi connectivity index (χ2n) is 5.64. The van der Waals surface area contributed by atoms with Gasteiger partial charge in [0.2, 0.25) is 0 Å². The van der Waals surface area contributed by atoms with E-state index in [1.807, 2.05) is 11.3 Å². The van der Waals surface area contributed by atoms with E-state index in [2.05, 4.69) is 58.0 Å². The van der Waals surface area contributed by atoms with Gasteiger partial charge in [-0.25, -0.2) is 0 Å². The molecule has 0 aliphatic carbocycles. The van der Waals surface area contributed by atoms with E-state index >= 15 is 0 Å². The second kappa shape index (κ2) is 6.00. The summed E-state index contributed by atoms with van der Waals surface area (Å²) >= 11 is 5.35. The lowest BCUT2D eigenvalue weighted by Gasteiger charge is -2.21. The molecule has 0 amide bonds. The van der Waals surface area contributed by atoms with Gasteiger partial charge in [-0.2, -0.15) is 0 Å².